The van der Waals surface area contributed by atoms with Gasteiger partial charge in [0.05, 0.1) is 0 Å². The van der Waals surface area contributed by atoms with E-state index >= 15 is 0 Å². The third-order valence-electron chi connectivity index (χ3n) is 4.44. The maximum Gasteiger partial charge on any atom is 0.140 e. The third-order valence-corrected chi connectivity index (χ3v) is 4.44. The van der Waals surface area contributed by atoms with Gasteiger partial charge in [0.15, 0.2) is 0 Å². The van der Waals surface area contributed by atoms with Gasteiger partial charge < -0.3 is 5.11 Å². The lowest BCUT2D eigenvalue weighted by Gasteiger charge is -2.32. The number of aryl methyl sites for hydroxylation is 3. The normalized spacial score (nSPS) is 13.6. The summed E-state index contributed by atoms with van der Waals surface area (Å²) in [6, 6.07) is 24.3. The highest BCUT2D eigenvalue weighted by atomic mass is 16.3. The van der Waals surface area contributed by atoms with E-state index in [4.69, 9.17) is 0 Å². The number of rotatable bonds is 3. The summed E-state index contributed by atoms with van der Waals surface area (Å²) < 4.78 is 0. The monoisotopic (exact) mass is 302 g/mol. The van der Waals surface area contributed by atoms with Crippen molar-refractivity contribution in [3.63, 3.8) is 0 Å². The zero-order chi connectivity index (χ0) is 16.4. The first-order valence-corrected chi connectivity index (χ1v) is 7.94. The van der Waals surface area contributed by atoms with Crippen molar-refractivity contribution in [3.05, 3.63) is 106 Å². The second-order valence-corrected chi connectivity index (χ2v) is 6.26. The Morgan fingerprint density at radius 2 is 1.35 bits per heavy atom. The van der Waals surface area contributed by atoms with E-state index in [0.717, 1.165) is 27.8 Å². The minimum atomic E-state index is -1.15. The predicted molar refractivity (Wildman–Crippen MR) is 95.6 cm³/mol. The largest absolute Gasteiger partial charge is 0.376 e. The van der Waals surface area contributed by atoms with Crippen molar-refractivity contribution in [3.8, 4) is 0 Å². The molecule has 23 heavy (non-hydrogen) atoms. The molecule has 0 unspecified atom stereocenters. The van der Waals surface area contributed by atoms with E-state index in [2.05, 4.69) is 26.0 Å². The first-order valence-electron chi connectivity index (χ1n) is 7.94. The quantitative estimate of drug-likeness (QED) is 0.683. The summed E-state index contributed by atoms with van der Waals surface area (Å²) in [5.41, 5.74) is 4.97. The van der Waals surface area contributed by atoms with Crippen LogP contribution in [0.25, 0.3) is 0 Å². The molecule has 0 saturated carbocycles. The third kappa shape index (κ3) is 2.80. The fourth-order valence-electron chi connectivity index (χ4n) is 3.12. The molecule has 3 rings (SSSR count). The van der Waals surface area contributed by atoms with E-state index in [1.54, 1.807) is 0 Å². The van der Waals surface area contributed by atoms with Gasteiger partial charge in [0.2, 0.25) is 0 Å². The highest BCUT2D eigenvalue weighted by Gasteiger charge is 2.34. The molecule has 0 aliphatic rings. The molecule has 0 heterocycles. The lowest BCUT2D eigenvalue weighted by molar-refractivity contribution is 0.125. The average Bonchev–Trinajstić information content (AvgIpc) is 2.55. The molecule has 0 aliphatic heterocycles. The SMILES string of the molecule is Cc1ccc([C@@](O)(c2cccc(C)c2)c2ccccc2C)cc1. The second-order valence-electron chi connectivity index (χ2n) is 6.26. The number of aliphatic hydroxyl groups is 1. The van der Waals surface area contributed by atoms with Gasteiger partial charge >= 0.3 is 0 Å². The molecule has 0 saturated heterocycles. The minimum Gasteiger partial charge on any atom is -0.376 e. The van der Waals surface area contributed by atoms with Crippen molar-refractivity contribution in [1.82, 2.24) is 0 Å². The topological polar surface area (TPSA) is 20.2 Å². The highest BCUT2D eigenvalue weighted by Crippen LogP contribution is 2.38. The molecule has 1 nitrogen and oxygen atoms in total. The van der Waals surface area contributed by atoms with Crippen LogP contribution < -0.4 is 0 Å². The van der Waals surface area contributed by atoms with Crippen LogP contribution in [0.5, 0.6) is 0 Å². The predicted octanol–water partition coefficient (Wildman–Crippen LogP) is 4.90. The van der Waals surface area contributed by atoms with Gasteiger partial charge in [-0.25, -0.2) is 0 Å². The zero-order valence-electron chi connectivity index (χ0n) is 13.9. The number of hydrogen-bond acceptors (Lipinski definition) is 1. The van der Waals surface area contributed by atoms with Gasteiger partial charge in [0.1, 0.15) is 5.60 Å². The Morgan fingerprint density at radius 3 is 2.00 bits per heavy atom. The zero-order valence-corrected chi connectivity index (χ0v) is 13.9. The lowest BCUT2D eigenvalue weighted by Crippen LogP contribution is -2.29. The van der Waals surface area contributed by atoms with Crippen molar-refractivity contribution in [2.45, 2.75) is 26.4 Å². The maximum atomic E-state index is 11.8. The summed E-state index contributed by atoms with van der Waals surface area (Å²) in [7, 11) is 0. The van der Waals surface area contributed by atoms with Crippen LogP contribution in [0.2, 0.25) is 0 Å². The summed E-state index contributed by atoms with van der Waals surface area (Å²) in [5, 5.41) is 11.8. The van der Waals surface area contributed by atoms with Gasteiger partial charge in [-0.3, -0.25) is 0 Å². The van der Waals surface area contributed by atoms with Gasteiger partial charge in [-0.15, -0.1) is 0 Å². The summed E-state index contributed by atoms with van der Waals surface area (Å²) in [5.74, 6) is 0. The molecule has 1 atom stereocenters. The molecule has 0 aliphatic carbocycles. The summed E-state index contributed by atoms with van der Waals surface area (Å²) in [6.07, 6.45) is 0. The Bertz CT molecular complexity index is 817. The van der Waals surface area contributed by atoms with Gasteiger partial charge in [-0.05, 0) is 43.0 Å². The summed E-state index contributed by atoms with van der Waals surface area (Å²) >= 11 is 0. The van der Waals surface area contributed by atoms with Gasteiger partial charge in [0, 0.05) is 0 Å². The highest BCUT2D eigenvalue weighted by molar-refractivity contribution is 5.50. The molecule has 3 aromatic rings. The maximum absolute atomic E-state index is 11.8. The Balaban J connectivity index is 2.29. The van der Waals surface area contributed by atoms with Crippen LogP contribution >= 0.6 is 0 Å². The number of hydrogen-bond donors (Lipinski definition) is 1. The van der Waals surface area contributed by atoms with E-state index in [1.807, 2.05) is 67.6 Å². The molecule has 0 amide bonds. The molecule has 0 spiro atoms. The van der Waals surface area contributed by atoms with E-state index < -0.39 is 5.60 Å². The molecule has 1 N–H and O–H groups in total. The Morgan fingerprint density at radius 1 is 0.652 bits per heavy atom. The van der Waals surface area contributed by atoms with Crippen LogP contribution in [0.1, 0.15) is 33.4 Å². The van der Waals surface area contributed by atoms with Gasteiger partial charge in [-0.2, -0.15) is 0 Å². The van der Waals surface area contributed by atoms with Crippen LogP contribution in [-0.2, 0) is 5.60 Å². The lowest BCUT2D eigenvalue weighted by atomic mass is 9.78. The van der Waals surface area contributed by atoms with Crippen molar-refractivity contribution < 1.29 is 5.11 Å². The fraction of sp³-hybridized carbons (Fsp3) is 0.182. The molecule has 0 bridgehead atoms. The van der Waals surface area contributed by atoms with Crippen molar-refractivity contribution >= 4 is 0 Å². The van der Waals surface area contributed by atoms with Crippen molar-refractivity contribution in [2.24, 2.45) is 0 Å². The van der Waals surface area contributed by atoms with Gasteiger partial charge in [0.25, 0.3) is 0 Å². The molecular weight excluding hydrogens is 280 g/mol. The standard InChI is InChI=1S/C22H22O/c1-16-11-13-19(14-12-16)22(23,20-9-6-7-17(2)15-20)21-10-5-4-8-18(21)3/h4-15,23H,1-3H3/t22-/m1/s1. The second kappa shape index (κ2) is 6.02. The molecule has 3 aromatic carbocycles. The smallest absolute Gasteiger partial charge is 0.140 e. The Labute approximate surface area is 138 Å². The molecule has 1 heteroatoms. The van der Waals surface area contributed by atoms with Crippen molar-refractivity contribution in [1.29, 1.82) is 0 Å². The first kappa shape index (κ1) is 15.5. The first-order chi connectivity index (χ1) is 11.0. The molecular formula is C22H22O. The summed E-state index contributed by atoms with van der Waals surface area (Å²) in [4.78, 5) is 0. The van der Waals surface area contributed by atoms with Gasteiger partial charge in [-0.1, -0.05) is 83.9 Å². The van der Waals surface area contributed by atoms with E-state index in [-0.39, 0.29) is 0 Å². The van der Waals surface area contributed by atoms with Crippen LogP contribution in [0.3, 0.4) is 0 Å². The minimum absolute atomic E-state index is 0.892. The molecule has 116 valence electrons. The van der Waals surface area contributed by atoms with Crippen LogP contribution in [0, 0.1) is 20.8 Å². The fourth-order valence-corrected chi connectivity index (χ4v) is 3.12. The van der Waals surface area contributed by atoms with E-state index in [1.165, 1.54) is 5.56 Å². The molecule has 0 radical (unpaired) electrons. The van der Waals surface area contributed by atoms with Crippen molar-refractivity contribution in [2.75, 3.05) is 0 Å². The van der Waals surface area contributed by atoms with Crippen LogP contribution in [0.4, 0.5) is 0 Å². The number of benzene rings is 3. The molecule has 0 fully saturated rings. The van der Waals surface area contributed by atoms with E-state index in [0.29, 0.717) is 0 Å². The van der Waals surface area contributed by atoms with Crippen LogP contribution in [-0.4, -0.2) is 5.11 Å². The Kier molecular flexibility index (Phi) is 4.06. The van der Waals surface area contributed by atoms with E-state index in [9.17, 15) is 5.11 Å². The average molecular weight is 302 g/mol. The Hall–Kier alpha value is -2.38. The van der Waals surface area contributed by atoms with Crippen LogP contribution in [0.15, 0.2) is 72.8 Å². The molecule has 0 aromatic heterocycles. The summed E-state index contributed by atoms with van der Waals surface area (Å²) in [6.45, 7) is 6.16.